The Labute approximate surface area is 192 Å². The first-order valence-electron chi connectivity index (χ1n) is 10.6. The molecule has 1 aromatic heterocycles. The van der Waals surface area contributed by atoms with E-state index in [2.05, 4.69) is 31.6 Å². The van der Waals surface area contributed by atoms with E-state index in [1.165, 1.54) is 0 Å². The predicted molar refractivity (Wildman–Crippen MR) is 128 cm³/mol. The molecule has 0 saturated carbocycles. The molecule has 4 rings (SSSR count). The zero-order chi connectivity index (χ0) is 23.2. The molecule has 3 aromatic rings. The molecular formula is C24H25N7O2. The van der Waals surface area contributed by atoms with Crippen molar-refractivity contribution in [1.29, 1.82) is 5.26 Å². The highest BCUT2D eigenvalue weighted by Gasteiger charge is 2.16. The molecule has 2 amide bonds. The number of urea groups is 1. The number of benzene rings is 2. The van der Waals surface area contributed by atoms with Crippen LogP contribution in [0.2, 0.25) is 0 Å². The first kappa shape index (κ1) is 22.0. The molecule has 2 N–H and O–H groups in total. The van der Waals surface area contributed by atoms with Crippen LogP contribution in [0.4, 0.5) is 33.5 Å². The van der Waals surface area contributed by atoms with Gasteiger partial charge in [0.15, 0.2) is 0 Å². The van der Waals surface area contributed by atoms with Gasteiger partial charge in [-0.1, -0.05) is 12.1 Å². The molecule has 0 atom stereocenters. The lowest BCUT2D eigenvalue weighted by Crippen LogP contribution is -2.37. The van der Waals surface area contributed by atoms with Crippen LogP contribution in [0.25, 0.3) is 0 Å². The Balaban J connectivity index is 1.48. The van der Waals surface area contributed by atoms with Crippen LogP contribution >= 0.6 is 0 Å². The zero-order valence-electron chi connectivity index (χ0n) is 18.6. The van der Waals surface area contributed by atoms with Crippen molar-refractivity contribution in [3.8, 4) is 6.07 Å². The molecule has 1 saturated heterocycles. The Morgan fingerprint density at radius 3 is 2.48 bits per heavy atom. The van der Waals surface area contributed by atoms with Crippen molar-refractivity contribution < 1.29 is 9.53 Å². The predicted octanol–water partition coefficient (Wildman–Crippen LogP) is 3.91. The van der Waals surface area contributed by atoms with Gasteiger partial charge in [0.2, 0.25) is 0 Å². The molecule has 1 fully saturated rings. The van der Waals surface area contributed by atoms with Gasteiger partial charge in [0.25, 0.3) is 0 Å². The number of nitrogens with zero attached hydrogens (tertiary/aromatic N) is 5. The number of ether oxygens (including phenoxy) is 1. The summed E-state index contributed by atoms with van der Waals surface area (Å²) in [6.45, 7) is 4.84. The maximum atomic E-state index is 12.4. The second-order valence-electron chi connectivity index (χ2n) is 7.61. The van der Waals surface area contributed by atoms with E-state index in [0.29, 0.717) is 36.0 Å². The number of morpholine rings is 1. The monoisotopic (exact) mass is 443 g/mol. The van der Waals surface area contributed by atoms with Crippen LogP contribution in [0.5, 0.6) is 0 Å². The first-order chi connectivity index (χ1) is 16.0. The molecule has 1 aliphatic rings. The van der Waals surface area contributed by atoms with Crippen molar-refractivity contribution in [2.24, 2.45) is 0 Å². The van der Waals surface area contributed by atoms with Crippen molar-refractivity contribution in [3.05, 3.63) is 66.0 Å². The lowest BCUT2D eigenvalue weighted by molar-refractivity contribution is 0.122. The molecule has 0 bridgehead atoms. The molecule has 0 spiro atoms. The molecule has 9 nitrogen and oxygen atoms in total. The Kier molecular flexibility index (Phi) is 6.66. The number of rotatable bonds is 5. The van der Waals surface area contributed by atoms with Gasteiger partial charge >= 0.3 is 6.03 Å². The van der Waals surface area contributed by atoms with Crippen molar-refractivity contribution in [3.63, 3.8) is 0 Å². The Hall–Kier alpha value is -4.16. The normalized spacial score (nSPS) is 13.2. The Morgan fingerprint density at radius 1 is 1.06 bits per heavy atom. The number of nitrogens with one attached hydrogen (secondary N) is 2. The van der Waals surface area contributed by atoms with Crippen molar-refractivity contribution in [2.75, 3.05) is 53.8 Å². The van der Waals surface area contributed by atoms with Gasteiger partial charge in [-0.2, -0.15) is 5.26 Å². The van der Waals surface area contributed by atoms with Crippen LogP contribution in [0, 0.1) is 18.3 Å². The smallest absolute Gasteiger partial charge is 0.323 e. The van der Waals surface area contributed by atoms with E-state index < -0.39 is 6.03 Å². The highest BCUT2D eigenvalue weighted by molar-refractivity contribution is 6.00. The topological polar surface area (TPSA) is 106 Å². The molecule has 0 unspecified atom stereocenters. The van der Waals surface area contributed by atoms with E-state index in [4.69, 9.17) is 10.00 Å². The molecule has 33 heavy (non-hydrogen) atoms. The molecule has 0 radical (unpaired) electrons. The van der Waals surface area contributed by atoms with Crippen LogP contribution in [-0.4, -0.2) is 49.4 Å². The van der Waals surface area contributed by atoms with Crippen LogP contribution < -0.4 is 20.4 Å². The third kappa shape index (κ3) is 5.56. The van der Waals surface area contributed by atoms with Gasteiger partial charge in [0.1, 0.15) is 17.5 Å². The highest BCUT2D eigenvalue weighted by atomic mass is 16.5. The van der Waals surface area contributed by atoms with Gasteiger partial charge in [-0.05, 0) is 43.3 Å². The number of hydrogen-bond acceptors (Lipinski definition) is 7. The van der Waals surface area contributed by atoms with Crippen molar-refractivity contribution >= 4 is 34.7 Å². The largest absolute Gasteiger partial charge is 0.378 e. The minimum atomic E-state index is -0.391. The van der Waals surface area contributed by atoms with Gasteiger partial charge in [-0.15, -0.1) is 0 Å². The van der Waals surface area contributed by atoms with E-state index in [1.54, 1.807) is 24.3 Å². The summed E-state index contributed by atoms with van der Waals surface area (Å²) < 4.78 is 5.44. The molecule has 2 heterocycles. The van der Waals surface area contributed by atoms with Gasteiger partial charge in [-0.25, -0.2) is 14.8 Å². The highest BCUT2D eigenvalue weighted by Crippen LogP contribution is 2.27. The zero-order valence-corrected chi connectivity index (χ0v) is 18.6. The van der Waals surface area contributed by atoms with Crippen LogP contribution in [0.15, 0.2) is 54.6 Å². The SMILES string of the molecule is Cc1nc(N2CCOCC2)cc(N(C)c2cccc(NC(=O)Nc3cccc(C#N)c3)c2)n1. The number of hydrogen-bond donors (Lipinski definition) is 2. The molecule has 9 heteroatoms. The summed E-state index contributed by atoms with van der Waals surface area (Å²) in [6.07, 6.45) is 0. The third-order valence-corrected chi connectivity index (χ3v) is 5.23. The fraction of sp³-hybridized carbons (Fsp3) is 0.250. The molecular weight excluding hydrogens is 418 g/mol. The average Bonchev–Trinajstić information content (AvgIpc) is 2.84. The summed E-state index contributed by atoms with van der Waals surface area (Å²) in [5.74, 6) is 2.33. The van der Waals surface area contributed by atoms with Gasteiger partial charge < -0.3 is 25.2 Å². The van der Waals surface area contributed by atoms with E-state index in [9.17, 15) is 4.79 Å². The molecule has 0 aliphatic carbocycles. The molecule has 168 valence electrons. The van der Waals surface area contributed by atoms with E-state index in [1.807, 2.05) is 49.2 Å². The van der Waals surface area contributed by atoms with Crippen LogP contribution in [-0.2, 0) is 4.74 Å². The van der Waals surface area contributed by atoms with Crippen LogP contribution in [0.3, 0.4) is 0 Å². The first-order valence-corrected chi connectivity index (χ1v) is 10.6. The van der Waals surface area contributed by atoms with E-state index >= 15 is 0 Å². The van der Waals surface area contributed by atoms with E-state index in [-0.39, 0.29) is 0 Å². The number of anilines is 5. The lowest BCUT2D eigenvalue weighted by Gasteiger charge is -2.29. The molecule has 1 aliphatic heterocycles. The fourth-order valence-electron chi connectivity index (χ4n) is 3.55. The van der Waals surface area contributed by atoms with Crippen molar-refractivity contribution in [2.45, 2.75) is 6.92 Å². The summed E-state index contributed by atoms with van der Waals surface area (Å²) in [5.41, 5.74) is 2.53. The molecule has 2 aromatic carbocycles. The summed E-state index contributed by atoms with van der Waals surface area (Å²) in [5, 5.41) is 14.6. The number of carbonyl (C=O) groups excluding carboxylic acids is 1. The average molecular weight is 444 g/mol. The third-order valence-electron chi connectivity index (χ3n) is 5.23. The van der Waals surface area contributed by atoms with Crippen molar-refractivity contribution in [1.82, 2.24) is 9.97 Å². The summed E-state index contributed by atoms with van der Waals surface area (Å²) in [4.78, 5) is 25.8. The fourth-order valence-corrected chi connectivity index (χ4v) is 3.55. The van der Waals surface area contributed by atoms with Gasteiger partial charge in [0, 0.05) is 43.3 Å². The number of aryl methyl sites for hydroxylation is 1. The number of amides is 2. The summed E-state index contributed by atoms with van der Waals surface area (Å²) in [7, 11) is 1.93. The second kappa shape index (κ2) is 9.97. The summed E-state index contributed by atoms with van der Waals surface area (Å²) >= 11 is 0. The lowest BCUT2D eigenvalue weighted by atomic mass is 10.2. The second-order valence-corrected chi connectivity index (χ2v) is 7.61. The minimum Gasteiger partial charge on any atom is -0.378 e. The van der Waals surface area contributed by atoms with Gasteiger partial charge in [-0.3, -0.25) is 0 Å². The quantitative estimate of drug-likeness (QED) is 0.616. The Morgan fingerprint density at radius 2 is 1.76 bits per heavy atom. The number of nitriles is 1. The minimum absolute atomic E-state index is 0.391. The Bertz CT molecular complexity index is 1190. The maximum absolute atomic E-state index is 12.4. The number of aromatic nitrogens is 2. The summed E-state index contributed by atoms with van der Waals surface area (Å²) in [6, 6.07) is 17.9. The number of carbonyl (C=O) groups is 1. The standard InChI is InChI=1S/C24H25N7O2/c1-17-26-22(15-23(27-17)31-9-11-33-12-10-31)30(2)21-8-4-7-20(14-21)29-24(32)28-19-6-3-5-18(13-19)16-25/h3-8,13-15H,9-12H2,1-2H3,(H2,28,29,32). The van der Waals surface area contributed by atoms with Gasteiger partial charge in [0.05, 0.1) is 24.8 Å². The van der Waals surface area contributed by atoms with Crippen LogP contribution in [0.1, 0.15) is 11.4 Å². The van der Waals surface area contributed by atoms with E-state index in [0.717, 1.165) is 30.4 Å². The maximum Gasteiger partial charge on any atom is 0.323 e.